The van der Waals surface area contributed by atoms with Crippen molar-refractivity contribution in [3.8, 4) is 0 Å². The number of hydrogen-bond acceptors (Lipinski definition) is 4. The SMILES string of the molecule is CN(C)C(=O)C[NH+]1CCN(S(=O)(=O)c2ccc3c(c2)CCC(=O)N3)CC1. The molecule has 0 spiro atoms. The number of sulfonamides is 1. The van der Waals surface area contributed by atoms with Gasteiger partial charge in [0, 0.05) is 26.2 Å². The van der Waals surface area contributed by atoms with Crippen LogP contribution in [0.5, 0.6) is 0 Å². The number of aryl methyl sites for hydroxylation is 1. The second-order valence-corrected chi connectivity index (χ2v) is 8.92. The van der Waals surface area contributed by atoms with Crippen LogP contribution in [0.1, 0.15) is 12.0 Å². The van der Waals surface area contributed by atoms with Crippen LogP contribution in [0.3, 0.4) is 0 Å². The number of carbonyl (C=O) groups is 2. The van der Waals surface area contributed by atoms with E-state index in [1.54, 1.807) is 37.2 Å². The zero-order valence-corrected chi connectivity index (χ0v) is 15.9. The molecule has 1 fully saturated rings. The fraction of sp³-hybridized carbons (Fsp3) is 0.529. The van der Waals surface area contributed by atoms with Crippen molar-refractivity contribution in [2.24, 2.45) is 0 Å². The van der Waals surface area contributed by atoms with Crippen LogP contribution >= 0.6 is 0 Å². The van der Waals surface area contributed by atoms with Crippen molar-refractivity contribution in [1.82, 2.24) is 9.21 Å². The van der Waals surface area contributed by atoms with Gasteiger partial charge in [0.05, 0.1) is 31.1 Å². The third kappa shape index (κ3) is 3.89. The zero-order valence-electron chi connectivity index (χ0n) is 15.1. The Labute approximate surface area is 153 Å². The van der Waals surface area contributed by atoms with E-state index in [0.29, 0.717) is 51.3 Å². The molecule has 0 aliphatic carbocycles. The first-order valence-corrected chi connectivity index (χ1v) is 10.2. The van der Waals surface area contributed by atoms with E-state index in [0.717, 1.165) is 10.5 Å². The van der Waals surface area contributed by atoms with Crippen molar-refractivity contribution in [3.63, 3.8) is 0 Å². The summed E-state index contributed by atoms with van der Waals surface area (Å²) in [6, 6.07) is 4.88. The van der Waals surface area contributed by atoms with Crippen LogP contribution in [-0.2, 0) is 26.0 Å². The van der Waals surface area contributed by atoms with E-state index in [2.05, 4.69) is 5.32 Å². The van der Waals surface area contributed by atoms with E-state index in [1.165, 1.54) is 4.31 Å². The average molecular weight is 381 g/mol. The third-order valence-corrected chi connectivity index (χ3v) is 6.83. The molecular weight excluding hydrogens is 356 g/mol. The van der Waals surface area contributed by atoms with Crippen LogP contribution in [0.4, 0.5) is 5.69 Å². The van der Waals surface area contributed by atoms with Crippen LogP contribution in [0.2, 0.25) is 0 Å². The Bertz CT molecular complexity index is 814. The lowest BCUT2D eigenvalue weighted by Gasteiger charge is -2.31. The number of hydrogen-bond donors (Lipinski definition) is 2. The standard InChI is InChI=1S/C17H24N4O4S/c1-19(2)17(23)12-20-7-9-21(10-8-20)26(24,25)14-4-5-15-13(11-14)3-6-16(22)18-15/h4-5,11H,3,6-10,12H2,1-2H3,(H,18,22)/p+1. The summed E-state index contributed by atoms with van der Waals surface area (Å²) in [7, 11) is -0.119. The highest BCUT2D eigenvalue weighted by Gasteiger charge is 2.32. The lowest BCUT2D eigenvalue weighted by Crippen LogP contribution is -3.15. The second kappa shape index (κ2) is 7.34. The highest BCUT2D eigenvalue weighted by Crippen LogP contribution is 2.26. The number of fused-ring (bicyclic) bond motifs is 1. The van der Waals surface area contributed by atoms with Gasteiger partial charge >= 0.3 is 0 Å². The van der Waals surface area contributed by atoms with Crippen LogP contribution in [0.15, 0.2) is 23.1 Å². The largest absolute Gasteiger partial charge is 0.344 e. The van der Waals surface area contributed by atoms with Gasteiger partial charge in [-0.15, -0.1) is 0 Å². The molecule has 1 aromatic rings. The smallest absolute Gasteiger partial charge is 0.277 e. The number of rotatable bonds is 4. The summed E-state index contributed by atoms with van der Waals surface area (Å²) in [6.45, 7) is 2.40. The van der Waals surface area contributed by atoms with Crippen LogP contribution in [0.25, 0.3) is 0 Å². The fourth-order valence-corrected chi connectivity index (χ4v) is 4.75. The van der Waals surface area contributed by atoms with Crippen LogP contribution < -0.4 is 10.2 Å². The molecule has 2 aliphatic rings. The minimum Gasteiger partial charge on any atom is -0.344 e. The summed E-state index contributed by atoms with van der Waals surface area (Å²) in [6.07, 6.45) is 0.924. The first kappa shape index (κ1) is 18.8. The Morgan fingerprint density at radius 1 is 1.23 bits per heavy atom. The van der Waals surface area contributed by atoms with Gasteiger partial charge in [0.2, 0.25) is 15.9 Å². The van der Waals surface area contributed by atoms with E-state index in [-0.39, 0.29) is 16.7 Å². The van der Waals surface area contributed by atoms with E-state index >= 15 is 0 Å². The van der Waals surface area contributed by atoms with Crippen molar-refractivity contribution < 1.29 is 22.9 Å². The summed E-state index contributed by atoms with van der Waals surface area (Å²) < 4.78 is 27.3. The Balaban J connectivity index is 1.68. The van der Waals surface area contributed by atoms with Gasteiger partial charge in [-0.3, -0.25) is 9.59 Å². The highest BCUT2D eigenvalue weighted by atomic mass is 32.2. The summed E-state index contributed by atoms with van der Waals surface area (Å²) in [5.41, 5.74) is 1.54. The van der Waals surface area contributed by atoms with Gasteiger partial charge in [-0.2, -0.15) is 4.31 Å². The first-order chi connectivity index (χ1) is 12.3. The maximum atomic E-state index is 12.9. The molecule has 1 aromatic carbocycles. The zero-order chi connectivity index (χ0) is 18.9. The molecule has 2 N–H and O–H groups in total. The maximum Gasteiger partial charge on any atom is 0.277 e. The normalized spacial score (nSPS) is 18.9. The van der Waals surface area contributed by atoms with Crippen molar-refractivity contribution in [3.05, 3.63) is 23.8 Å². The Morgan fingerprint density at radius 2 is 1.92 bits per heavy atom. The van der Waals surface area contributed by atoms with Crippen molar-refractivity contribution >= 4 is 27.5 Å². The number of anilines is 1. The van der Waals surface area contributed by atoms with Gasteiger partial charge in [-0.05, 0) is 30.2 Å². The quantitative estimate of drug-likeness (QED) is 0.668. The predicted octanol–water partition coefficient (Wildman–Crippen LogP) is -1.45. The highest BCUT2D eigenvalue weighted by molar-refractivity contribution is 7.89. The summed E-state index contributed by atoms with van der Waals surface area (Å²) in [4.78, 5) is 26.2. The average Bonchev–Trinajstić information content (AvgIpc) is 2.61. The summed E-state index contributed by atoms with van der Waals surface area (Å²) in [5, 5.41) is 2.76. The predicted molar refractivity (Wildman–Crippen MR) is 96.4 cm³/mol. The monoisotopic (exact) mass is 381 g/mol. The van der Waals surface area contributed by atoms with Gasteiger partial charge in [-0.1, -0.05) is 0 Å². The van der Waals surface area contributed by atoms with Gasteiger partial charge in [0.1, 0.15) is 0 Å². The molecule has 1 saturated heterocycles. The number of likely N-dealkylation sites (N-methyl/N-ethyl adjacent to an activating group) is 1. The molecule has 8 nitrogen and oxygen atoms in total. The van der Waals surface area contributed by atoms with Gasteiger partial charge in [0.25, 0.3) is 5.91 Å². The molecule has 142 valence electrons. The number of nitrogens with one attached hydrogen (secondary N) is 2. The van der Waals surface area contributed by atoms with E-state index < -0.39 is 10.0 Å². The second-order valence-electron chi connectivity index (χ2n) is 6.99. The maximum absolute atomic E-state index is 12.9. The lowest BCUT2D eigenvalue weighted by atomic mass is 10.0. The number of quaternary nitrogens is 1. The molecule has 0 bridgehead atoms. The van der Waals surface area contributed by atoms with Crippen LogP contribution in [-0.4, -0.2) is 76.3 Å². The molecule has 2 heterocycles. The van der Waals surface area contributed by atoms with E-state index in [4.69, 9.17) is 0 Å². The number of piperazine rings is 1. The molecule has 26 heavy (non-hydrogen) atoms. The first-order valence-electron chi connectivity index (χ1n) is 8.74. The Hall–Kier alpha value is -1.97. The number of benzene rings is 1. The summed E-state index contributed by atoms with van der Waals surface area (Å²) >= 11 is 0. The Morgan fingerprint density at radius 3 is 2.58 bits per heavy atom. The number of nitrogens with zero attached hydrogens (tertiary/aromatic N) is 2. The summed E-state index contributed by atoms with van der Waals surface area (Å²) in [5.74, 6) is 0.00696. The van der Waals surface area contributed by atoms with Gasteiger partial charge in [-0.25, -0.2) is 8.42 Å². The molecule has 0 aromatic heterocycles. The van der Waals surface area contributed by atoms with Crippen molar-refractivity contribution in [1.29, 1.82) is 0 Å². The molecule has 0 radical (unpaired) electrons. The third-order valence-electron chi connectivity index (χ3n) is 4.94. The van der Waals surface area contributed by atoms with Gasteiger partial charge < -0.3 is 15.1 Å². The lowest BCUT2D eigenvalue weighted by molar-refractivity contribution is -0.895. The van der Waals surface area contributed by atoms with Crippen LogP contribution in [0, 0.1) is 0 Å². The minimum absolute atomic E-state index is 0.0422. The van der Waals surface area contributed by atoms with Gasteiger partial charge in [0.15, 0.2) is 6.54 Å². The molecule has 3 rings (SSSR count). The molecule has 0 unspecified atom stereocenters. The number of carbonyl (C=O) groups excluding carboxylic acids is 2. The molecule has 2 amide bonds. The Kier molecular flexibility index (Phi) is 5.31. The molecule has 0 atom stereocenters. The minimum atomic E-state index is -3.57. The fourth-order valence-electron chi connectivity index (χ4n) is 3.26. The molecule has 9 heteroatoms. The topological polar surface area (TPSA) is 91.2 Å². The van der Waals surface area contributed by atoms with Crippen molar-refractivity contribution in [2.45, 2.75) is 17.7 Å². The molecular formula is C17H25N4O4S+. The molecule has 0 saturated carbocycles. The molecule has 2 aliphatic heterocycles. The van der Waals surface area contributed by atoms with E-state index in [1.807, 2.05) is 0 Å². The van der Waals surface area contributed by atoms with E-state index in [9.17, 15) is 18.0 Å². The van der Waals surface area contributed by atoms with Crippen molar-refractivity contribution in [2.75, 3.05) is 52.1 Å². The number of amides is 2.